The molecule has 0 saturated heterocycles. The van der Waals surface area contributed by atoms with Gasteiger partial charge in [-0.05, 0) is 24.6 Å². The number of hydrogen-bond acceptors (Lipinski definition) is 4. The molecule has 2 aromatic rings. The molecule has 0 radical (unpaired) electrons. The SMILES string of the molecule is Cc1cccc(NC(=O)Nc2cnc(N(C)C)nc2)c1. The second-order valence-corrected chi connectivity index (χ2v) is 4.61. The highest BCUT2D eigenvalue weighted by Gasteiger charge is 2.04. The molecule has 0 unspecified atom stereocenters. The van der Waals surface area contributed by atoms with Crippen molar-refractivity contribution in [2.75, 3.05) is 29.6 Å². The van der Waals surface area contributed by atoms with Crippen molar-refractivity contribution < 1.29 is 4.79 Å². The molecule has 0 fully saturated rings. The third kappa shape index (κ3) is 3.68. The summed E-state index contributed by atoms with van der Waals surface area (Å²) in [7, 11) is 3.71. The third-order valence-electron chi connectivity index (χ3n) is 2.57. The summed E-state index contributed by atoms with van der Waals surface area (Å²) in [6.45, 7) is 1.97. The van der Waals surface area contributed by atoms with Gasteiger partial charge in [0.1, 0.15) is 0 Å². The predicted octanol–water partition coefficient (Wildman–Crippen LogP) is 2.50. The molecular weight excluding hydrogens is 254 g/mol. The summed E-state index contributed by atoms with van der Waals surface area (Å²) in [6.07, 6.45) is 3.14. The number of amides is 2. The number of hydrogen-bond donors (Lipinski definition) is 2. The molecule has 6 nitrogen and oxygen atoms in total. The molecule has 0 spiro atoms. The maximum Gasteiger partial charge on any atom is 0.323 e. The van der Waals surface area contributed by atoms with Crippen molar-refractivity contribution in [2.24, 2.45) is 0 Å². The Balaban J connectivity index is 1.97. The number of benzene rings is 1. The van der Waals surface area contributed by atoms with Crippen molar-refractivity contribution in [3.63, 3.8) is 0 Å². The highest BCUT2D eigenvalue weighted by Crippen LogP contribution is 2.11. The number of aromatic nitrogens is 2. The van der Waals surface area contributed by atoms with E-state index < -0.39 is 0 Å². The Labute approximate surface area is 117 Å². The quantitative estimate of drug-likeness (QED) is 0.899. The van der Waals surface area contributed by atoms with Gasteiger partial charge in [0.25, 0.3) is 0 Å². The first kappa shape index (κ1) is 13.8. The molecule has 1 aromatic heterocycles. The number of nitrogens with one attached hydrogen (secondary N) is 2. The van der Waals surface area contributed by atoms with Gasteiger partial charge in [-0.15, -0.1) is 0 Å². The Morgan fingerprint density at radius 1 is 1.10 bits per heavy atom. The second-order valence-electron chi connectivity index (χ2n) is 4.61. The van der Waals surface area contributed by atoms with Gasteiger partial charge in [-0.2, -0.15) is 0 Å². The maximum atomic E-state index is 11.8. The fourth-order valence-electron chi connectivity index (χ4n) is 1.63. The fraction of sp³-hybridized carbons (Fsp3) is 0.214. The lowest BCUT2D eigenvalue weighted by molar-refractivity contribution is 0.262. The van der Waals surface area contributed by atoms with Gasteiger partial charge >= 0.3 is 6.03 Å². The van der Waals surface area contributed by atoms with E-state index in [1.807, 2.05) is 45.3 Å². The van der Waals surface area contributed by atoms with Gasteiger partial charge in [0.15, 0.2) is 0 Å². The van der Waals surface area contributed by atoms with Gasteiger partial charge in [-0.1, -0.05) is 12.1 Å². The number of aryl methyl sites for hydroxylation is 1. The lowest BCUT2D eigenvalue weighted by Crippen LogP contribution is -2.20. The first-order valence-electron chi connectivity index (χ1n) is 6.18. The van der Waals surface area contributed by atoms with E-state index in [2.05, 4.69) is 20.6 Å². The largest absolute Gasteiger partial charge is 0.347 e. The van der Waals surface area contributed by atoms with E-state index in [0.717, 1.165) is 11.3 Å². The van der Waals surface area contributed by atoms with Gasteiger partial charge in [0.2, 0.25) is 5.95 Å². The molecule has 104 valence electrons. The van der Waals surface area contributed by atoms with E-state index in [4.69, 9.17) is 0 Å². The molecule has 0 aliphatic rings. The van der Waals surface area contributed by atoms with E-state index in [9.17, 15) is 4.79 Å². The van der Waals surface area contributed by atoms with Gasteiger partial charge in [0, 0.05) is 19.8 Å². The van der Waals surface area contributed by atoms with Gasteiger partial charge < -0.3 is 15.5 Å². The van der Waals surface area contributed by atoms with Crippen molar-refractivity contribution in [1.29, 1.82) is 0 Å². The first-order valence-corrected chi connectivity index (χ1v) is 6.18. The topological polar surface area (TPSA) is 70.2 Å². The highest BCUT2D eigenvalue weighted by atomic mass is 16.2. The summed E-state index contributed by atoms with van der Waals surface area (Å²) in [5.41, 5.74) is 2.37. The maximum absolute atomic E-state index is 11.8. The van der Waals surface area contributed by atoms with E-state index in [1.165, 1.54) is 0 Å². The van der Waals surface area contributed by atoms with Crippen LogP contribution in [0.1, 0.15) is 5.56 Å². The molecular formula is C14H17N5O. The fourth-order valence-corrected chi connectivity index (χ4v) is 1.63. The third-order valence-corrected chi connectivity index (χ3v) is 2.57. The van der Waals surface area contributed by atoms with Crippen molar-refractivity contribution in [3.05, 3.63) is 42.2 Å². The van der Waals surface area contributed by atoms with Gasteiger partial charge in [-0.3, -0.25) is 0 Å². The van der Waals surface area contributed by atoms with Crippen LogP contribution >= 0.6 is 0 Å². The average molecular weight is 271 g/mol. The summed E-state index contributed by atoms with van der Waals surface area (Å²) in [4.78, 5) is 21.9. The lowest BCUT2D eigenvalue weighted by Gasteiger charge is -2.11. The number of anilines is 3. The minimum absolute atomic E-state index is 0.322. The Morgan fingerprint density at radius 2 is 1.75 bits per heavy atom. The Morgan fingerprint density at radius 3 is 2.35 bits per heavy atom. The number of rotatable bonds is 3. The monoisotopic (exact) mass is 271 g/mol. The Hall–Kier alpha value is -2.63. The minimum atomic E-state index is -0.322. The molecule has 0 aliphatic heterocycles. The average Bonchev–Trinajstić information content (AvgIpc) is 2.39. The molecule has 1 heterocycles. The number of carbonyl (C=O) groups is 1. The normalized spacial score (nSPS) is 9.95. The molecule has 2 amide bonds. The molecule has 20 heavy (non-hydrogen) atoms. The minimum Gasteiger partial charge on any atom is -0.347 e. The molecule has 0 aliphatic carbocycles. The van der Waals surface area contributed by atoms with Crippen LogP contribution in [0, 0.1) is 6.92 Å². The van der Waals surface area contributed by atoms with E-state index >= 15 is 0 Å². The van der Waals surface area contributed by atoms with E-state index in [-0.39, 0.29) is 6.03 Å². The highest BCUT2D eigenvalue weighted by molar-refractivity contribution is 5.99. The van der Waals surface area contributed by atoms with E-state index in [0.29, 0.717) is 11.6 Å². The van der Waals surface area contributed by atoms with Crippen LogP contribution in [-0.4, -0.2) is 30.1 Å². The zero-order valence-electron chi connectivity index (χ0n) is 11.7. The summed E-state index contributed by atoms with van der Waals surface area (Å²) < 4.78 is 0. The molecule has 0 atom stereocenters. The number of urea groups is 1. The Bertz CT molecular complexity index is 595. The number of carbonyl (C=O) groups excluding carboxylic acids is 1. The second kappa shape index (κ2) is 6.01. The smallest absolute Gasteiger partial charge is 0.323 e. The van der Waals surface area contributed by atoms with Crippen LogP contribution < -0.4 is 15.5 Å². The summed E-state index contributed by atoms with van der Waals surface area (Å²) in [5, 5.41) is 5.44. The zero-order chi connectivity index (χ0) is 14.5. The molecule has 2 rings (SSSR count). The predicted molar refractivity (Wildman–Crippen MR) is 80.2 cm³/mol. The van der Waals surface area contributed by atoms with Crippen molar-refractivity contribution in [1.82, 2.24) is 9.97 Å². The van der Waals surface area contributed by atoms with Crippen LogP contribution in [0.25, 0.3) is 0 Å². The summed E-state index contributed by atoms with van der Waals surface area (Å²) in [6, 6.07) is 7.26. The van der Waals surface area contributed by atoms with Crippen LogP contribution in [0.4, 0.5) is 22.1 Å². The van der Waals surface area contributed by atoms with E-state index in [1.54, 1.807) is 17.3 Å². The van der Waals surface area contributed by atoms with Crippen LogP contribution in [0.5, 0.6) is 0 Å². The summed E-state index contributed by atoms with van der Waals surface area (Å²) >= 11 is 0. The zero-order valence-corrected chi connectivity index (χ0v) is 11.7. The molecule has 0 bridgehead atoms. The Kier molecular flexibility index (Phi) is 4.14. The van der Waals surface area contributed by atoms with Gasteiger partial charge in [0.05, 0.1) is 18.1 Å². The lowest BCUT2D eigenvalue weighted by atomic mass is 10.2. The number of nitrogens with zero attached hydrogens (tertiary/aromatic N) is 3. The van der Waals surface area contributed by atoms with Crippen molar-refractivity contribution in [2.45, 2.75) is 6.92 Å². The van der Waals surface area contributed by atoms with Gasteiger partial charge in [-0.25, -0.2) is 14.8 Å². The van der Waals surface area contributed by atoms with Crippen LogP contribution in [0.2, 0.25) is 0 Å². The van der Waals surface area contributed by atoms with Crippen LogP contribution in [0.3, 0.4) is 0 Å². The van der Waals surface area contributed by atoms with Crippen LogP contribution in [-0.2, 0) is 0 Å². The first-order chi connectivity index (χ1) is 9.54. The molecule has 0 saturated carbocycles. The molecule has 2 N–H and O–H groups in total. The standard InChI is InChI=1S/C14H17N5O/c1-10-5-4-6-11(7-10)17-14(20)18-12-8-15-13(16-9-12)19(2)3/h4-9H,1-3H3,(H2,17,18,20). The van der Waals surface area contributed by atoms with Crippen molar-refractivity contribution >= 4 is 23.4 Å². The molecule has 6 heteroatoms. The van der Waals surface area contributed by atoms with Crippen LogP contribution in [0.15, 0.2) is 36.7 Å². The molecule has 1 aromatic carbocycles. The van der Waals surface area contributed by atoms with Crippen molar-refractivity contribution in [3.8, 4) is 0 Å². The summed E-state index contributed by atoms with van der Waals surface area (Å²) in [5.74, 6) is 0.592.